The van der Waals surface area contributed by atoms with E-state index in [1.54, 1.807) is 6.42 Å². The minimum Gasteiger partial charge on any atom is -0.325 e. The monoisotopic (exact) mass is 262 g/mol. The molecule has 0 radical (unpaired) electrons. The molecular formula is C17H30N2. The average molecular weight is 262 g/mol. The summed E-state index contributed by atoms with van der Waals surface area (Å²) >= 11 is 0. The lowest BCUT2D eigenvalue weighted by molar-refractivity contribution is -0.0726. The van der Waals surface area contributed by atoms with Crippen LogP contribution in [-0.4, -0.2) is 30.6 Å². The quantitative estimate of drug-likeness (QED) is 0.787. The lowest BCUT2D eigenvalue weighted by Crippen LogP contribution is -2.59. The van der Waals surface area contributed by atoms with E-state index in [1.807, 2.05) is 0 Å². The molecule has 108 valence electrons. The number of likely N-dealkylation sites (tertiary alicyclic amines) is 1. The normalized spacial score (nSPS) is 54.3. The lowest BCUT2D eigenvalue weighted by atomic mass is 9.47. The van der Waals surface area contributed by atoms with Crippen LogP contribution < -0.4 is 5.73 Å². The van der Waals surface area contributed by atoms with Crippen molar-refractivity contribution in [1.82, 2.24) is 4.90 Å². The Balaban J connectivity index is 1.57. The van der Waals surface area contributed by atoms with Crippen LogP contribution in [0.15, 0.2) is 0 Å². The van der Waals surface area contributed by atoms with Crippen LogP contribution in [0.5, 0.6) is 0 Å². The van der Waals surface area contributed by atoms with E-state index in [1.165, 1.54) is 58.0 Å². The van der Waals surface area contributed by atoms with Gasteiger partial charge in [0.25, 0.3) is 0 Å². The summed E-state index contributed by atoms with van der Waals surface area (Å²) in [5, 5.41) is 0. The van der Waals surface area contributed by atoms with Crippen LogP contribution in [0.25, 0.3) is 0 Å². The van der Waals surface area contributed by atoms with Crippen molar-refractivity contribution >= 4 is 0 Å². The first-order valence-electron chi connectivity index (χ1n) is 8.61. The molecule has 2 nitrogen and oxygen atoms in total. The van der Waals surface area contributed by atoms with Crippen molar-refractivity contribution < 1.29 is 0 Å². The first-order chi connectivity index (χ1) is 9.14. The summed E-state index contributed by atoms with van der Waals surface area (Å²) in [5.41, 5.74) is 7.19. The van der Waals surface area contributed by atoms with Crippen LogP contribution in [0.3, 0.4) is 0 Å². The largest absolute Gasteiger partial charge is 0.325 e. The zero-order valence-corrected chi connectivity index (χ0v) is 12.5. The molecule has 0 spiro atoms. The SMILES string of the molecule is CN1CCCC(N)(C2C3CC4CC(C3)CC2C4)CC1. The molecule has 4 bridgehead atoms. The molecule has 5 rings (SSSR count). The number of rotatable bonds is 1. The van der Waals surface area contributed by atoms with Gasteiger partial charge in [-0.25, -0.2) is 0 Å². The van der Waals surface area contributed by atoms with Gasteiger partial charge < -0.3 is 10.6 Å². The van der Waals surface area contributed by atoms with Gasteiger partial charge in [0.2, 0.25) is 0 Å². The van der Waals surface area contributed by atoms with E-state index in [-0.39, 0.29) is 5.54 Å². The Kier molecular flexibility index (Phi) is 2.97. The number of nitrogens with two attached hydrogens (primary N) is 1. The fourth-order valence-corrected chi connectivity index (χ4v) is 6.51. The number of hydrogen-bond acceptors (Lipinski definition) is 2. The van der Waals surface area contributed by atoms with Gasteiger partial charge in [0.15, 0.2) is 0 Å². The Morgan fingerprint density at radius 1 is 0.895 bits per heavy atom. The summed E-state index contributed by atoms with van der Waals surface area (Å²) in [6.45, 7) is 2.48. The molecular weight excluding hydrogens is 232 g/mol. The molecule has 1 unspecified atom stereocenters. The van der Waals surface area contributed by atoms with Crippen LogP contribution in [0.1, 0.15) is 51.4 Å². The minimum atomic E-state index is 0.174. The van der Waals surface area contributed by atoms with E-state index in [4.69, 9.17) is 5.73 Å². The van der Waals surface area contributed by atoms with Crippen molar-refractivity contribution in [3.05, 3.63) is 0 Å². The Morgan fingerprint density at radius 2 is 1.53 bits per heavy atom. The third-order valence-electron chi connectivity index (χ3n) is 7.03. The third kappa shape index (κ3) is 2.06. The zero-order chi connectivity index (χ0) is 13.0. The first kappa shape index (κ1) is 12.6. The Morgan fingerprint density at radius 3 is 2.16 bits per heavy atom. The first-order valence-corrected chi connectivity index (χ1v) is 8.61. The Labute approximate surface area is 118 Å². The van der Waals surface area contributed by atoms with Crippen LogP contribution in [0, 0.1) is 29.6 Å². The van der Waals surface area contributed by atoms with E-state index < -0.39 is 0 Å². The van der Waals surface area contributed by atoms with Gasteiger partial charge in [0.05, 0.1) is 0 Å². The molecule has 0 aromatic heterocycles. The second-order valence-electron chi connectivity index (χ2n) is 8.35. The van der Waals surface area contributed by atoms with Gasteiger partial charge in [0.1, 0.15) is 0 Å². The van der Waals surface area contributed by atoms with Crippen molar-refractivity contribution in [3.8, 4) is 0 Å². The fourth-order valence-electron chi connectivity index (χ4n) is 6.51. The van der Waals surface area contributed by atoms with Crippen LogP contribution in [0.2, 0.25) is 0 Å². The van der Waals surface area contributed by atoms with E-state index in [9.17, 15) is 0 Å². The molecule has 5 aliphatic rings. The topological polar surface area (TPSA) is 29.3 Å². The Bertz CT molecular complexity index is 325. The fraction of sp³-hybridized carbons (Fsp3) is 1.00. The van der Waals surface area contributed by atoms with Gasteiger partial charge >= 0.3 is 0 Å². The smallest absolute Gasteiger partial charge is 0.0200 e. The summed E-state index contributed by atoms with van der Waals surface area (Å²) in [5.74, 6) is 5.01. The van der Waals surface area contributed by atoms with E-state index in [0.717, 1.165) is 29.6 Å². The minimum absolute atomic E-state index is 0.174. The maximum Gasteiger partial charge on any atom is 0.0200 e. The summed E-state index contributed by atoms with van der Waals surface area (Å²) in [7, 11) is 2.27. The van der Waals surface area contributed by atoms with Crippen molar-refractivity contribution in [2.24, 2.45) is 35.3 Å². The molecule has 4 saturated carbocycles. The predicted octanol–water partition coefficient (Wildman–Crippen LogP) is 2.87. The van der Waals surface area contributed by atoms with Gasteiger partial charge in [-0.2, -0.15) is 0 Å². The standard InChI is InChI=1S/C17H30N2/c1-19-5-2-3-17(18,4-6-19)16-14-8-12-7-13(10-14)11-15(16)9-12/h12-16H,2-11,18H2,1H3. The highest BCUT2D eigenvalue weighted by Crippen LogP contribution is 2.59. The molecule has 5 fully saturated rings. The molecule has 1 aliphatic heterocycles. The third-order valence-corrected chi connectivity index (χ3v) is 7.03. The maximum atomic E-state index is 7.02. The highest BCUT2D eigenvalue weighted by molar-refractivity contribution is 5.07. The summed E-state index contributed by atoms with van der Waals surface area (Å²) in [6.07, 6.45) is 11.5. The summed E-state index contributed by atoms with van der Waals surface area (Å²) < 4.78 is 0. The summed E-state index contributed by atoms with van der Waals surface area (Å²) in [6, 6.07) is 0. The number of hydrogen-bond donors (Lipinski definition) is 1. The Hall–Kier alpha value is -0.0800. The van der Waals surface area contributed by atoms with Gasteiger partial charge in [-0.3, -0.25) is 0 Å². The van der Waals surface area contributed by atoms with Gasteiger partial charge in [-0.1, -0.05) is 0 Å². The molecule has 1 atom stereocenters. The molecule has 19 heavy (non-hydrogen) atoms. The van der Waals surface area contributed by atoms with E-state index >= 15 is 0 Å². The van der Waals surface area contributed by atoms with Gasteiger partial charge in [-0.15, -0.1) is 0 Å². The molecule has 0 amide bonds. The predicted molar refractivity (Wildman–Crippen MR) is 78.8 cm³/mol. The van der Waals surface area contributed by atoms with Gasteiger partial charge in [-0.05, 0) is 101 Å². The lowest BCUT2D eigenvalue weighted by Gasteiger charge is -2.59. The highest BCUT2D eigenvalue weighted by Gasteiger charge is 2.54. The van der Waals surface area contributed by atoms with Crippen LogP contribution in [-0.2, 0) is 0 Å². The molecule has 0 aromatic carbocycles. The van der Waals surface area contributed by atoms with Crippen LogP contribution in [0.4, 0.5) is 0 Å². The highest BCUT2D eigenvalue weighted by atomic mass is 15.1. The van der Waals surface area contributed by atoms with Crippen molar-refractivity contribution in [1.29, 1.82) is 0 Å². The molecule has 2 N–H and O–H groups in total. The summed E-state index contributed by atoms with van der Waals surface area (Å²) in [4.78, 5) is 2.49. The number of nitrogens with zero attached hydrogens (tertiary/aromatic N) is 1. The molecule has 1 saturated heterocycles. The molecule has 4 aliphatic carbocycles. The average Bonchev–Trinajstić information content (AvgIpc) is 2.51. The second kappa shape index (κ2) is 4.46. The van der Waals surface area contributed by atoms with Crippen molar-refractivity contribution in [2.45, 2.75) is 56.9 Å². The van der Waals surface area contributed by atoms with E-state index in [2.05, 4.69) is 11.9 Å². The molecule has 0 aromatic rings. The maximum absolute atomic E-state index is 7.02. The van der Waals surface area contributed by atoms with E-state index in [0.29, 0.717) is 0 Å². The zero-order valence-electron chi connectivity index (χ0n) is 12.5. The van der Waals surface area contributed by atoms with Crippen molar-refractivity contribution in [2.75, 3.05) is 20.1 Å². The molecule has 2 heteroatoms. The van der Waals surface area contributed by atoms with Gasteiger partial charge in [0, 0.05) is 5.54 Å². The second-order valence-corrected chi connectivity index (χ2v) is 8.35. The molecule has 1 heterocycles. The van der Waals surface area contributed by atoms with Crippen molar-refractivity contribution in [3.63, 3.8) is 0 Å². The van der Waals surface area contributed by atoms with Crippen LogP contribution >= 0.6 is 0 Å².